The van der Waals surface area contributed by atoms with Crippen LogP contribution in [0.5, 0.6) is 0 Å². The fourth-order valence-corrected chi connectivity index (χ4v) is 3.70. The zero-order valence-corrected chi connectivity index (χ0v) is 16.2. The van der Waals surface area contributed by atoms with E-state index in [0.717, 1.165) is 0 Å². The molecule has 0 spiro atoms. The summed E-state index contributed by atoms with van der Waals surface area (Å²) in [5.74, 6) is -0.223. The van der Waals surface area contributed by atoms with Crippen molar-refractivity contribution in [3.63, 3.8) is 0 Å². The Morgan fingerprint density at radius 3 is 1.46 bits per heavy atom. The summed E-state index contributed by atoms with van der Waals surface area (Å²) in [5.41, 5.74) is 0.971. The monoisotopic (exact) mass is 390 g/mol. The molecule has 0 radical (unpaired) electrons. The van der Waals surface area contributed by atoms with Crippen molar-refractivity contribution in [3.8, 4) is 0 Å². The predicted octanol–water partition coefficient (Wildman–Crippen LogP) is 4.37. The maximum absolute atomic E-state index is 12.9. The molecule has 1 saturated heterocycles. The molecule has 2 atom stereocenters. The van der Waals surface area contributed by atoms with Gasteiger partial charge in [-0.3, -0.25) is 9.59 Å². The zero-order valence-electron chi connectivity index (χ0n) is 14.7. The molecule has 1 fully saturated rings. The van der Waals surface area contributed by atoms with Crippen molar-refractivity contribution < 1.29 is 9.59 Å². The third-order valence-corrected chi connectivity index (χ3v) is 5.38. The van der Waals surface area contributed by atoms with Crippen molar-refractivity contribution in [1.82, 2.24) is 9.80 Å². The molecule has 26 heavy (non-hydrogen) atoms. The van der Waals surface area contributed by atoms with E-state index in [2.05, 4.69) is 0 Å². The van der Waals surface area contributed by atoms with E-state index in [9.17, 15) is 9.59 Å². The Morgan fingerprint density at radius 2 is 1.12 bits per heavy atom. The number of nitrogens with zero attached hydrogens (tertiary/aromatic N) is 2. The largest absolute Gasteiger partial charge is 0.332 e. The maximum Gasteiger partial charge on any atom is 0.255 e. The SMILES string of the molecule is C[C@@H]1CN(C(=O)c2ccccc2Cl)[C@@H](C)CN1C(=O)c1ccccc1Cl. The van der Waals surface area contributed by atoms with E-state index in [1.165, 1.54) is 0 Å². The molecule has 4 nitrogen and oxygen atoms in total. The van der Waals surface area contributed by atoms with Gasteiger partial charge in [-0.15, -0.1) is 0 Å². The minimum absolute atomic E-state index is 0.111. The van der Waals surface area contributed by atoms with Crippen molar-refractivity contribution in [2.24, 2.45) is 0 Å². The first-order valence-electron chi connectivity index (χ1n) is 8.51. The van der Waals surface area contributed by atoms with E-state index in [1.807, 2.05) is 13.8 Å². The molecule has 0 bridgehead atoms. The molecule has 1 aliphatic heterocycles. The van der Waals surface area contributed by atoms with Gasteiger partial charge in [0.1, 0.15) is 0 Å². The molecule has 0 aromatic heterocycles. The third-order valence-electron chi connectivity index (χ3n) is 4.72. The Bertz CT molecular complexity index is 771. The van der Waals surface area contributed by atoms with E-state index >= 15 is 0 Å². The van der Waals surface area contributed by atoms with Crippen LogP contribution in [0.25, 0.3) is 0 Å². The first-order chi connectivity index (χ1) is 12.4. The van der Waals surface area contributed by atoms with Crippen molar-refractivity contribution in [3.05, 3.63) is 69.7 Å². The van der Waals surface area contributed by atoms with Crippen LogP contribution < -0.4 is 0 Å². The Morgan fingerprint density at radius 1 is 0.769 bits per heavy atom. The van der Waals surface area contributed by atoms with E-state index in [1.54, 1.807) is 58.3 Å². The molecule has 2 amide bonds. The maximum atomic E-state index is 12.9. The second-order valence-electron chi connectivity index (χ2n) is 6.57. The number of hydrogen-bond acceptors (Lipinski definition) is 2. The fraction of sp³-hybridized carbons (Fsp3) is 0.300. The highest BCUT2D eigenvalue weighted by Crippen LogP contribution is 2.25. The summed E-state index contributed by atoms with van der Waals surface area (Å²) in [6.07, 6.45) is 0. The molecule has 0 N–H and O–H groups in total. The normalized spacial score (nSPS) is 20.2. The molecule has 3 rings (SSSR count). The van der Waals surface area contributed by atoms with Crippen LogP contribution in [0.4, 0.5) is 0 Å². The highest BCUT2D eigenvalue weighted by Gasteiger charge is 2.35. The van der Waals surface area contributed by atoms with Crippen molar-refractivity contribution in [2.75, 3.05) is 13.1 Å². The average Bonchev–Trinajstić information content (AvgIpc) is 2.63. The molecular formula is C20H20Cl2N2O2. The first kappa shape index (κ1) is 18.7. The van der Waals surface area contributed by atoms with Crippen LogP contribution in [0, 0.1) is 0 Å². The molecule has 1 aliphatic rings. The summed E-state index contributed by atoms with van der Waals surface area (Å²) in [6.45, 7) is 4.77. The van der Waals surface area contributed by atoms with Crippen molar-refractivity contribution in [1.29, 1.82) is 0 Å². The highest BCUT2D eigenvalue weighted by atomic mass is 35.5. The molecule has 1 heterocycles. The molecule has 0 aliphatic carbocycles. The number of piperazine rings is 1. The lowest BCUT2D eigenvalue weighted by Gasteiger charge is -2.44. The number of hydrogen-bond donors (Lipinski definition) is 0. The van der Waals surface area contributed by atoms with Gasteiger partial charge in [-0.2, -0.15) is 0 Å². The van der Waals surface area contributed by atoms with Gasteiger partial charge in [0, 0.05) is 25.2 Å². The fourth-order valence-electron chi connectivity index (χ4n) is 3.27. The molecule has 6 heteroatoms. The summed E-state index contributed by atoms with van der Waals surface area (Å²) in [5, 5.41) is 0.874. The summed E-state index contributed by atoms with van der Waals surface area (Å²) in [4.78, 5) is 29.3. The van der Waals surface area contributed by atoms with Gasteiger partial charge >= 0.3 is 0 Å². The zero-order chi connectivity index (χ0) is 18.8. The highest BCUT2D eigenvalue weighted by molar-refractivity contribution is 6.34. The smallest absolute Gasteiger partial charge is 0.255 e. The first-order valence-corrected chi connectivity index (χ1v) is 9.26. The van der Waals surface area contributed by atoms with E-state index in [-0.39, 0.29) is 23.9 Å². The Labute approximate surface area is 163 Å². The van der Waals surface area contributed by atoms with Gasteiger partial charge in [-0.1, -0.05) is 47.5 Å². The topological polar surface area (TPSA) is 40.6 Å². The average molecular weight is 391 g/mol. The summed E-state index contributed by atoms with van der Waals surface area (Å²) in [6, 6.07) is 13.8. The minimum Gasteiger partial charge on any atom is -0.332 e. The van der Waals surface area contributed by atoms with Gasteiger partial charge in [-0.25, -0.2) is 0 Å². The lowest BCUT2D eigenvalue weighted by molar-refractivity contribution is 0.0270. The Kier molecular flexibility index (Phi) is 5.54. The number of carbonyl (C=O) groups excluding carboxylic acids is 2. The summed E-state index contributed by atoms with van der Waals surface area (Å²) < 4.78 is 0. The van der Waals surface area contributed by atoms with Crippen molar-refractivity contribution in [2.45, 2.75) is 25.9 Å². The minimum atomic E-state index is -0.124. The second-order valence-corrected chi connectivity index (χ2v) is 7.39. The van der Waals surface area contributed by atoms with Crippen LogP contribution >= 0.6 is 23.2 Å². The molecule has 2 aromatic rings. The van der Waals surface area contributed by atoms with E-state index < -0.39 is 0 Å². The van der Waals surface area contributed by atoms with Crippen LogP contribution in [0.2, 0.25) is 10.0 Å². The van der Waals surface area contributed by atoms with Crippen LogP contribution in [0.1, 0.15) is 34.6 Å². The Balaban J connectivity index is 1.79. The van der Waals surface area contributed by atoms with Gasteiger partial charge in [0.25, 0.3) is 11.8 Å². The molecule has 0 unspecified atom stereocenters. The Hall–Kier alpha value is -2.04. The number of benzene rings is 2. The summed E-state index contributed by atoms with van der Waals surface area (Å²) >= 11 is 12.3. The summed E-state index contributed by atoms with van der Waals surface area (Å²) in [7, 11) is 0. The number of halogens is 2. The van der Waals surface area contributed by atoms with Gasteiger partial charge < -0.3 is 9.80 Å². The molecule has 136 valence electrons. The van der Waals surface area contributed by atoms with E-state index in [0.29, 0.717) is 34.3 Å². The number of carbonyl (C=O) groups is 2. The molecule has 2 aromatic carbocycles. The third kappa shape index (κ3) is 3.57. The number of rotatable bonds is 2. The predicted molar refractivity (Wildman–Crippen MR) is 104 cm³/mol. The van der Waals surface area contributed by atoms with Crippen LogP contribution in [0.3, 0.4) is 0 Å². The quantitative estimate of drug-likeness (QED) is 0.763. The molecule has 0 saturated carbocycles. The van der Waals surface area contributed by atoms with Gasteiger partial charge in [0.15, 0.2) is 0 Å². The van der Waals surface area contributed by atoms with E-state index in [4.69, 9.17) is 23.2 Å². The van der Waals surface area contributed by atoms with Crippen LogP contribution in [-0.4, -0.2) is 46.8 Å². The van der Waals surface area contributed by atoms with Gasteiger partial charge in [0.2, 0.25) is 0 Å². The molecular weight excluding hydrogens is 371 g/mol. The van der Waals surface area contributed by atoms with Crippen LogP contribution in [0.15, 0.2) is 48.5 Å². The van der Waals surface area contributed by atoms with Gasteiger partial charge in [-0.05, 0) is 38.1 Å². The lowest BCUT2D eigenvalue weighted by Crippen LogP contribution is -2.59. The van der Waals surface area contributed by atoms with Gasteiger partial charge in [0.05, 0.1) is 21.2 Å². The van der Waals surface area contributed by atoms with Crippen molar-refractivity contribution >= 4 is 35.0 Å². The van der Waals surface area contributed by atoms with Crippen LogP contribution in [-0.2, 0) is 0 Å². The standard InChI is InChI=1S/C20H20Cl2N2O2/c1-13-11-24(20(26)16-8-4-6-10-18(16)22)14(2)12-23(13)19(25)15-7-3-5-9-17(15)21/h3-10,13-14H,11-12H2,1-2H3/t13-,14+. The lowest BCUT2D eigenvalue weighted by atomic mass is 10.0. The second kappa shape index (κ2) is 7.68. The number of amides is 2.